The maximum absolute atomic E-state index is 12.0. The van der Waals surface area contributed by atoms with Crippen LogP contribution in [0.1, 0.15) is 25.6 Å². The van der Waals surface area contributed by atoms with Crippen LogP contribution >= 0.6 is 0 Å². The summed E-state index contributed by atoms with van der Waals surface area (Å²) in [7, 11) is 0. The van der Waals surface area contributed by atoms with E-state index in [4.69, 9.17) is 0 Å². The fraction of sp³-hybridized carbons (Fsp3) is 0.667. The summed E-state index contributed by atoms with van der Waals surface area (Å²) < 4.78 is 40.4. The van der Waals surface area contributed by atoms with Crippen molar-refractivity contribution in [3.05, 3.63) is 11.7 Å². The van der Waals surface area contributed by atoms with Gasteiger partial charge in [-0.3, -0.25) is 4.79 Å². The normalized spacial score (nSPS) is 12.1. The Balaban J connectivity index is 2.62. The molecular formula is C9H11F3N2O2. The summed E-state index contributed by atoms with van der Waals surface area (Å²) in [6.07, 6.45) is -5.74. The van der Waals surface area contributed by atoms with Gasteiger partial charge >= 0.3 is 6.18 Å². The third-order valence-electron chi connectivity index (χ3n) is 1.84. The van der Waals surface area contributed by atoms with Gasteiger partial charge in [0, 0.05) is 5.92 Å². The van der Waals surface area contributed by atoms with Gasteiger partial charge < -0.3 is 4.52 Å². The summed E-state index contributed by atoms with van der Waals surface area (Å²) in [6.45, 7) is 3.38. The number of Topliss-reactive ketones (excluding diaryl/α,β-unsaturated/α-hetero) is 1. The Labute approximate surface area is 89.8 Å². The smallest absolute Gasteiger partial charge is 0.339 e. The Morgan fingerprint density at radius 3 is 2.56 bits per heavy atom. The van der Waals surface area contributed by atoms with Crippen molar-refractivity contribution in [2.24, 2.45) is 5.92 Å². The number of ketones is 1. The minimum Gasteiger partial charge on any atom is -0.339 e. The van der Waals surface area contributed by atoms with Gasteiger partial charge in [-0.25, -0.2) is 0 Å². The number of rotatable bonds is 4. The van der Waals surface area contributed by atoms with Gasteiger partial charge in [0.05, 0.1) is 6.42 Å². The molecule has 0 saturated carbocycles. The van der Waals surface area contributed by atoms with Crippen LogP contribution in [0, 0.1) is 5.92 Å². The summed E-state index contributed by atoms with van der Waals surface area (Å²) in [4.78, 5) is 14.8. The maximum Gasteiger partial charge on any atom is 0.396 e. The summed E-state index contributed by atoms with van der Waals surface area (Å²) in [5, 5.41) is 3.16. The first-order valence-electron chi connectivity index (χ1n) is 4.69. The average molecular weight is 236 g/mol. The van der Waals surface area contributed by atoms with E-state index in [2.05, 4.69) is 14.7 Å². The van der Waals surface area contributed by atoms with Crippen LogP contribution in [-0.4, -0.2) is 22.1 Å². The monoisotopic (exact) mass is 236 g/mol. The molecule has 0 atom stereocenters. The molecule has 4 nitrogen and oxygen atoms in total. The molecule has 0 bridgehead atoms. The van der Waals surface area contributed by atoms with Gasteiger partial charge in [0.15, 0.2) is 5.82 Å². The lowest BCUT2D eigenvalue weighted by molar-refractivity contribution is -0.128. The summed E-state index contributed by atoms with van der Waals surface area (Å²) in [5.74, 6) is -0.878. The molecule has 0 saturated heterocycles. The van der Waals surface area contributed by atoms with Gasteiger partial charge in [-0.15, -0.1) is 0 Å². The van der Waals surface area contributed by atoms with Gasteiger partial charge in [-0.05, 0) is 0 Å². The Kier molecular flexibility index (Phi) is 3.66. The molecule has 0 aliphatic carbocycles. The van der Waals surface area contributed by atoms with Crippen molar-refractivity contribution in [2.75, 3.05) is 0 Å². The summed E-state index contributed by atoms with van der Waals surface area (Å²) >= 11 is 0. The highest BCUT2D eigenvalue weighted by Gasteiger charge is 2.30. The van der Waals surface area contributed by atoms with E-state index in [0.717, 1.165) is 0 Å². The molecule has 0 spiro atoms. The molecule has 1 aromatic rings. The SMILES string of the molecule is CC(C)C(=O)Cc1nc(CC(F)(F)F)no1. The van der Waals surface area contributed by atoms with Crippen LogP contribution in [0.25, 0.3) is 0 Å². The van der Waals surface area contributed by atoms with E-state index in [1.165, 1.54) is 0 Å². The minimum absolute atomic E-state index is 0.0713. The molecule has 0 radical (unpaired) electrons. The van der Waals surface area contributed by atoms with Gasteiger partial charge in [0.2, 0.25) is 5.89 Å². The first-order chi connectivity index (χ1) is 7.28. The lowest BCUT2D eigenvalue weighted by Gasteiger charge is -2.00. The Morgan fingerprint density at radius 1 is 1.44 bits per heavy atom. The molecule has 1 aromatic heterocycles. The van der Waals surface area contributed by atoms with Crippen LogP contribution in [0.4, 0.5) is 13.2 Å². The van der Waals surface area contributed by atoms with E-state index in [9.17, 15) is 18.0 Å². The molecule has 7 heteroatoms. The Bertz CT molecular complexity index is 371. The van der Waals surface area contributed by atoms with Crippen LogP contribution in [0.15, 0.2) is 4.52 Å². The number of carbonyl (C=O) groups excluding carboxylic acids is 1. The minimum atomic E-state index is -4.37. The Hall–Kier alpha value is -1.40. The van der Waals surface area contributed by atoms with Crippen LogP contribution < -0.4 is 0 Å². The molecule has 0 aromatic carbocycles. The zero-order valence-electron chi connectivity index (χ0n) is 8.84. The highest BCUT2D eigenvalue weighted by Crippen LogP contribution is 2.19. The third kappa shape index (κ3) is 4.00. The van der Waals surface area contributed by atoms with E-state index in [0.29, 0.717) is 0 Å². The van der Waals surface area contributed by atoms with Crippen molar-refractivity contribution in [2.45, 2.75) is 32.9 Å². The van der Waals surface area contributed by atoms with Gasteiger partial charge in [-0.2, -0.15) is 18.2 Å². The summed E-state index contributed by atoms with van der Waals surface area (Å²) in [5.41, 5.74) is 0. The second-order valence-electron chi connectivity index (χ2n) is 3.69. The highest BCUT2D eigenvalue weighted by molar-refractivity contribution is 5.81. The number of hydrogen-bond acceptors (Lipinski definition) is 4. The molecule has 90 valence electrons. The van der Waals surface area contributed by atoms with Crippen molar-refractivity contribution >= 4 is 5.78 Å². The van der Waals surface area contributed by atoms with E-state index in [1.807, 2.05) is 0 Å². The Morgan fingerprint density at radius 2 is 2.06 bits per heavy atom. The van der Waals surface area contributed by atoms with Gasteiger partial charge in [-0.1, -0.05) is 19.0 Å². The standard InChI is InChI=1S/C9H11F3N2O2/c1-5(2)6(15)3-8-13-7(14-16-8)4-9(10,11)12/h5H,3-4H2,1-2H3. The molecule has 16 heavy (non-hydrogen) atoms. The number of aromatic nitrogens is 2. The number of hydrogen-bond donors (Lipinski definition) is 0. The lowest BCUT2D eigenvalue weighted by atomic mass is 10.1. The van der Waals surface area contributed by atoms with Crippen LogP contribution in [0.5, 0.6) is 0 Å². The maximum atomic E-state index is 12.0. The topological polar surface area (TPSA) is 56.0 Å². The molecule has 0 amide bonds. The largest absolute Gasteiger partial charge is 0.396 e. The zero-order chi connectivity index (χ0) is 12.3. The molecule has 0 N–H and O–H groups in total. The van der Waals surface area contributed by atoms with Crippen LogP contribution in [0.3, 0.4) is 0 Å². The van der Waals surface area contributed by atoms with E-state index < -0.39 is 18.4 Å². The van der Waals surface area contributed by atoms with Crippen molar-refractivity contribution in [3.63, 3.8) is 0 Å². The van der Waals surface area contributed by atoms with Crippen molar-refractivity contribution in [1.29, 1.82) is 0 Å². The third-order valence-corrected chi connectivity index (χ3v) is 1.84. The second-order valence-corrected chi connectivity index (χ2v) is 3.69. The lowest BCUT2D eigenvalue weighted by Crippen LogP contribution is -2.13. The second kappa shape index (κ2) is 4.63. The van der Waals surface area contributed by atoms with Crippen LogP contribution in [-0.2, 0) is 17.6 Å². The molecule has 1 heterocycles. The summed E-state index contributed by atoms with van der Waals surface area (Å²) in [6, 6.07) is 0. The van der Waals surface area contributed by atoms with Crippen LogP contribution in [0.2, 0.25) is 0 Å². The van der Waals surface area contributed by atoms with Crippen molar-refractivity contribution in [3.8, 4) is 0 Å². The number of alkyl halides is 3. The van der Waals surface area contributed by atoms with Gasteiger partial charge in [0.25, 0.3) is 0 Å². The van der Waals surface area contributed by atoms with Crippen molar-refractivity contribution < 1.29 is 22.5 Å². The quantitative estimate of drug-likeness (QED) is 0.801. The molecule has 0 fully saturated rings. The van der Waals surface area contributed by atoms with E-state index >= 15 is 0 Å². The predicted molar refractivity (Wildman–Crippen MR) is 47.6 cm³/mol. The fourth-order valence-electron chi connectivity index (χ4n) is 0.966. The van der Waals surface area contributed by atoms with Crippen molar-refractivity contribution in [1.82, 2.24) is 10.1 Å². The molecule has 0 aliphatic rings. The van der Waals surface area contributed by atoms with E-state index in [1.54, 1.807) is 13.8 Å². The number of nitrogens with zero attached hydrogens (tertiary/aromatic N) is 2. The molecule has 0 unspecified atom stereocenters. The first-order valence-corrected chi connectivity index (χ1v) is 4.69. The molecule has 0 aliphatic heterocycles. The molecule has 1 rings (SSSR count). The number of halogens is 3. The number of carbonyl (C=O) groups is 1. The fourth-order valence-corrected chi connectivity index (χ4v) is 0.966. The highest BCUT2D eigenvalue weighted by atomic mass is 19.4. The predicted octanol–water partition coefficient (Wildman–Crippen LogP) is 1.94. The van der Waals surface area contributed by atoms with E-state index in [-0.39, 0.29) is 24.0 Å². The average Bonchev–Trinajstić information content (AvgIpc) is 2.49. The van der Waals surface area contributed by atoms with Gasteiger partial charge in [0.1, 0.15) is 12.2 Å². The first kappa shape index (κ1) is 12.7. The zero-order valence-corrected chi connectivity index (χ0v) is 8.84. The molecular weight excluding hydrogens is 225 g/mol.